The van der Waals surface area contributed by atoms with Gasteiger partial charge in [-0.2, -0.15) is 13.2 Å². The summed E-state index contributed by atoms with van der Waals surface area (Å²) in [6.07, 6.45) is -2.85. The van der Waals surface area contributed by atoms with Crippen LogP contribution in [0.25, 0.3) is 0 Å². The number of hydrogen-bond donors (Lipinski definition) is 2. The van der Waals surface area contributed by atoms with Gasteiger partial charge in [-0.1, -0.05) is 18.5 Å². The lowest BCUT2D eigenvalue weighted by atomic mass is 9.94. The second-order valence-corrected chi connectivity index (χ2v) is 5.79. The van der Waals surface area contributed by atoms with Crippen molar-refractivity contribution in [3.8, 4) is 0 Å². The molecule has 116 valence electrons. The Hall–Kier alpha value is -1.27. The normalized spacial score (nSPS) is 22.9. The number of amides is 1. The van der Waals surface area contributed by atoms with Crippen molar-refractivity contribution in [2.75, 3.05) is 11.9 Å². The van der Waals surface area contributed by atoms with Gasteiger partial charge in [0.15, 0.2) is 0 Å². The highest BCUT2D eigenvalue weighted by Crippen LogP contribution is 2.33. The van der Waals surface area contributed by atoms with Crippen LogP contribution < -0.4 is 10.6 Å². The SMILES string of the molecule is CC1CCNC(C(=O)Nc2cc(Cl)cc(C(F)(F)F)c2)C1. The second kappa shape index (κ2) is 6.23. The Morgan fingerprint density at radius 3 is 2.71 bits per heavy atom. The Balaban J connectivity index is 2.12. The van der Waals surface area contributed by atoms with Crippen LogP contribution in [0.5, 0.6) is 0 Å². The van der Waals surface area contributed by atoms with Gasteiger partial charge in [-0.15, -0.1) is 0 Å². The predicted octanol–water partition coefficient (Wildman–Crippen LogP) is 3.69. The summed E-state index contributed by atoms with van der Waals surface area (Å²) in [6, 6.07) is 2.64. The average molecular weight is 321 g/mol. The molecule has 0 bridgehead atoms. The quantitative estimate of drug-likeness (QED) is 0.872. The minimum Gasteiger partial charge on any atom is -0.325 e. The molecule has 3 nitrogen and oxygen atoms in total. The number of rotatable bonds is 2. The standard InChI is InChI=1S/C14H16ClF3N2O/c1-8-2-3-19-12(4-8)13(21)20-11-6-9(14(16,17)18)5-10(15)7-11/h5-8,12,19H,2-4H2,1H3,(H,20,21). The Kier molecular flexibility index (Phi) is 4.78. The molecule has 1 fully saturated rings. The maximum absolute atomic E-state index is 12.7. The summed E-state index contributed by atoms with van der Waals surface area (Å²) >= 11 is 5.68. The zero-order valence-corrected chi connectivity index (χ0v) is 12.2. The van der Waals surface area contributed by atoms with Gasteiger partial charge in [0, 0.05) is 10.7 Å². The molecule has 21 heavy (non-hydrogen) atoms. The van der Waals surface area contributed by atoms with E-state index in [4.69, 9.17) is 11.6 Å². The number of halogens is 4. The van der Waals surface area contributed by atoms with Crippen LogP contribution >= 0.6 is 11.6 Å². The Labute approximate surface area is 125 Å². The van der Waals surface area contributed by atoms with E-state index < -0.39 is 11.7 Å². The lowest BCUT2D eigenvalue weighted by Gasteiger charge is -2.27. The number of benzene rings is 1. The first kappa shape index (κ1) is 16.1. The number of carbonyl (C=O) groups excluding carboxylic acids is 1. The number of piperidine rings is 1. The summed E-state index contributed by atoms with van der Waals surface area (Å²) in [5.74, 6) is 0.0732. The lowest BCUT2D eigenvalue weighted by molar-refractivity contribution is -0.137. The van der Waals surface area contributed by atoms with Crippen LogP contribution in [0, 0.1) is 5.92 Å². The number of anilines is 1. The molecule has 2 unspecified atom stereocenters. The van der Waals surface area contributed by atoms with Crippen molar-refractivity contribution in [2.24, 2.45) is 5.92 Å². The molecule has 1 aromatic rings. The molecule has 0 aromatic heterocycles. The molecule has 7 heteroatoms. The third-order valence-corrected chi connectivity index (χ3v) is 3.69. The zero-order chi connectivity index (χ0) is 15.6. The number of carbonyl (C=O) groups is 1. The Morgan fingerprint density at radius 2 is 2.10 bits per heavy atom. The van der Waals surface area contributed by atoms with Gasteiger partial charge in [0.25, 0.3) is 0 Å². The topological polar surface area (TPSA) is 41.1 Å². The molecule has 0 radical (unpaired) electrons. The molecule has 2 atom stereocenters. The summed E-state index contributed by atoms with van der Waals surface area (Å²) in [6.45, 7) is 2.77. The summed E-state index contributed by atoms with van der Waals surface area (Å²) in [5.41, 5.74) is -0.824. The molecule has 0 saturated carbocycles. The monoisotopic (exact) mass is 320 g/mol. The molecule has 1 aliphatic rings. The van der Waals surface area contributed by atoms with Crippen molar-refractivity contribution >= 4 is 23.2 Å². The molecule has 1 aromatic carbocycles. The number of hydrogen-bond acceptors (Lipinski definition) is 2. The fraction of sp³-hybridized carbons (Fsp3) is 0.500. The summed E-state index contributed by atoms with van der Waals surface area (Å²) in [4.78, 5) is 12.1. The van der Waals surface area contributed by atoms with Crippen LogP contribution in [0.1, 0.15) is 25.3 Å². The van der Waals surface area contributed by atoms with Crippen molar-refractivity contribution in [3.63, 3.8) is 0 Å². The molecule has 0 aliphatic carbocycles. The molecule has 2 rings (SSSR count). The highest BCUT2D eigenvalue weighted by Gasteiger charge is 2.31. The second-order valence-electron chi connectivity index (χ2n) is 5.35. The van der Waals surface area contributed by atoms with Crippen molar-refractivity contribution in [2.45, 2.75) is 32.0 Å². The van der Waals surface area contributed by atoms with E-state index in [1.165, 1.54) is 6.07 Å². The predicted molar refractivity (Wildman–Crippen MR) is 75.3 cm³/mol. The molecule has 0 spiro atoms. The van der Waals surface area contributed by atoms with Crippen molar-refractivity contribution in [1.82, 2.24) is 5.32 Å². The van der Waals surface area contributed by atoms with Crippen LogP contribution in [-0.2, 0) is 11.0 Å². The van der Waals surface area contributed by atoms with Crippen LogP contribution in [0.2, 0.25) is 5.02 Å². The van der Waals surface area contributed by atoms with Gasteiger partial charge >= 0.3 is 6.18 Å². The van der Waals surface area contributed by atoms with Gasteiger partial charge in [-0.3, -0.25) is 4.79 Å². The average Bonchev–Trinajstić information content (AvgIpc) is 2.37. The largest absolute Gasteiger partial charge is 0.416 e. The Bertz CT molecular complexity index is 533. The summed E-state index contributed by atoms with van der Waals surface area (Å²) in [5, 5.41) is 5.50. The minimum absolute atomic E-state index is 0.0554. The molecule has 1 aliphatic heterocycles. The fourth-order valence-corrected chi connectivity index (χ4v) is 2.60. The molecular formula is C14H16ClF3N2O. The summed E-state index contributed by atoms with van der Waals surface area (Å²) in [7, 11) is 0. The van der Waals surface area contributed by atoms with E-state index >= 15 is 0 Å². The maximum Gasteiger partial charge on any atom is 0.416 e. The Morgan fingerprint density at radius 1 is 1.38 bits per heavy atom. The zero-order valence-electron chi connectivity index (χ0n) is 11.4. The first-order chi connectivity index (χ1) is 9.75. The smallest absolute Gasteiger partial charge is 0.325 e. The van der Waals surface area contributed by atoms with E-state index in [1.54, 1.807) is 0 Å². The van der Waals surface area contributed by atoms with Gasteiger partial charge in [-0.25, -0.2) is 0 Å². The van der Waals surface area contributed by atoms with Crippen LogP contribution in [-0.4, -0.2) is 18.5 Å². The van der Waals surface area contributed by atoms with E-state index in [0.717, 1.165) is 25.1 Å². The first-order valence-corrected chi connectivity index (χ1v) is 7.05. The van der Waals surface area contributed by atoms with E-state index in [-0.39, 0.29) is 22.7 Å². The van der Waals surface area contributed by atoms with Crippen molar-refractivity contribution < 1.29 is 18.0 Å². The highest BCUT2D eigenvalue weighted by molar-refractivity contribution is 6.31. The fourth-order valence-electron chi connectivity index (χ4n) is 2.36. The van der Waals surface area contributed by atoms with E-state index in [1.807, 2.05) is 6.92 Å². The van der Waals surface area contributed by atoms with E-state index in [9.17, 15) is 18.0 Å². The van der Waals surface area contributed by atoms with Crippen LogP contribution in [0.15, 0.2) is 18.2 Å². The van der Waals surface area contributed by atoms with Crippen molar-refractivity contribution in [3.05, 3.63) is 28.8 Å². The molecule has 2 N–H and O–H groups in total. The van der Waals surface area contributed by atoms with Gasteiger partial charge < -0.3 is 10.6 Å². The summed E-state index contributed by atoms with van der Waals surface area (Å²) < 4.78 is 38.1. The molecule has 1 amide bonds. The van der Waals surface area contributed by atoms with E-state index in [0.29, 0.717) is 12.3 Å². The maximum atomic E-state index is 12.7. The number of alkyl halides is 3. The van der Waals surface area contributed by atoms with Crippen LogP contribution in [0.4, 0.5) is 18.9 Å². The lowest BCUT2D eigenvalue weighted by Crippen LogP contribution is -2.45. The van der Waals surface area contributed by atoms with E-state index in [2.05, 4.69) is 10.6 Å². The van der Waals surface area contributed by atoms with Crippen molar-refractivity contribution in [1.29, 1.82) is 0 Å². The first-order valence-electron chi connectivity index (χ1n) is 6.68. The van der Waals surface area contributed by atoms with Gasteiger partial charge in [0.2, 0.25) is 5.91 Å². The van der Waals surface area contributed by atoms with Crippen LogP contribution in [0.3, 0.4) is 0 Å². The third-order valence-electron chi connectivity index (χ3n) is 3.48. The minimum atomic E-state index is -4.50. The number of nitrogens with one attached hydrogen (secondary N) is 2. The highest BCUT2D eigenvalue weighted by atomic mass is 35.5. The molecule has 1 heterocycles. The van der Waals surface area contributed by atoms with Gasteiger partial charge in [0.1, 0.15) is 0 Å². The molecular weight excluding hydrogens is 305 g/mol. The molecule has 1 saturated heterocycles. The van der Waals surface area contributed by atoms with Gasteiger partial charge in [0.05, 0.1) is 11.6 Å². The third kappa shape index (κ3) is 4.35. The van der Waals surface area contributed by atoms with Gasteiger partial charge in [-0.05, 0) is 43.5 Å².